The Bertz CT molecular complexity index is 571. The molecule has 2 N–H and O–H groups in total. The van der Waals surface area contributed by atoms with Gasteiger partial charge in [0.15, 0.2) is 0 Å². The normalized spacial score (nSPS) is 10.4. The summed E-state index contributed by atoms with van der Waals surface area (Å²) >= 11 is 0. The Kier molecular flexibility index (Phi) is 3.85. The van der Waals surface area contributed by atoms with Crippen molar-refractivity contribution in [3.63, 3.8) is 0 Å². The molecule has 0 atom stereocenters. The van der Waals surface area contributed by atoms with E-state index in [4.69, 9.17) is 10.5 Å². The minimum absolute atomic E-state index is 0.319. The van der Waals surface area contributed by atoms with Gasteiger partial charge >= 0.3 is 5.97 Å². The SMILES string of the molecule is CCCOC(=O)c1cccc(-n2cc(N)c(C)n2)c1. The molecule has 1 heterocycles. The molecule has 0 amide bonds. The number of nitrogens with two attached hydrogens (primary N) is 1. The number of aromatic nitrogens is 2. The number of ether oxygens (including phenoxy) is 1. The number of hydrogen-bond acceptors (Lipinski definition) is 4. The first-order valence-electron chi connectivity index (χ1n) is 6.21. The zero-order valence-corrected chi connectivity index (χ0v) is 11.1. The van der Waals surface area contributed by atoms with Crippen molar-refractivity contribution < 1.29 is 9.53 Å². The molecule has 0 spiro atoms. The van der Waals surface area contributed by atoms with E-state index in [1.54, 1.807) is 29.1 Å². The molecule has 2 rings (SSSR count). The molecule has 0 bridgehead atoms. The summed E-state index contributed by atoms with van der Waals surface area (Å²) in [4.78, 5) is 11.8. The Balaban J connectivity index is 2.26. The summed E-state index contributed by atoms with van der Waals surface area (Å²) in [6.07, 6.45) is 2.53. The fourth-order valence-electron chi connectivity index (χ4n) is 1.66. The minimum Gasteiger partial charge on any atom is -0.462 e. The Morgan fingerprint density at radius 3 is 2.89 bits per heavy atom. The van der Waals surface area contributed by atoms with E-state index in [1.807, 2.05) is 19.9 Å². The summed E-state index contributed by atoms with van der Waals surface area (Å²) < 4.78 is 6.76. The van der Waals surface area contributed by atoms with E-state index in [9.17, 15) is 4.79 Å². The first-order valence-corrected chi connectivity index (χ1v) is 6.21. The summed E-state index contributed by atoms with van der Waals surface area (Å²) in [5.74, 6) is -0.319. The van der Waals surface area contributed by atoms with Crippen molar-refractivity contribution in [3.8, 4) is 5.69 Å². The van der Waals surface area contributed by atoms with Crippen molar-refractivity contribution >= 4 is 11.7 Å². The molecule has 2 aromatic rings. The summed E-state index contributed by atoms with van der Waals surface area (Å²) in [5.41, 5.74) is 8.45. The van der Waals surface area contributed by atoms with E-state index in [1.165, 1.54) is 0 Å². The average Bonchev–Trinajstić information content (AvgIpc) is 2.76. The number of benzene rings is 1. The first-order chi connectivity index (χ1) is 9.11. The lowest BCUT2D eigenvalue weighted by Gasteiger charge is -2.05. The van der Waals surface area contributed by atoms with Gasteiger partial charge in [0.05, 0.1) is 35.4 Å². The van der Waals surface area contributed by atoms with Crippen LogP contribution in [0.3, 0.4) is 0 Å². The number of nitrogens with zero attached hydrogens (tertiary/aromatic N) is 2. The molecular formula is C14H17N3O2. The third kappa shape index (κ3) is 2.93. The second kappa shape index (κ2) is 5.56. The molecule has 0 aliphatic heterocycles. The number of nitrogen functional groups attached to an aromatic ring is 1. The van der Waals surface area contributed by atoms with Gasteiger partial charge in [0.2, 0.25) is 0 Å². The predicted molar refractivity (Wildman–Crippen MR) is 73.3 cm³/mol. The Morgan fingerprint density at radius 1 is 1.47 bits per heavy atom. The van der Waals surface area contributed by atoms with Crippen molar-refractivity contribution in [3.05, 3.63) is 41.7 Å². The van der Waals surface area contributed by atoms with Crippen molar-refractivity contribution in [2.24, 2.45) is 0 Å². The topological polar surface area (TPSA) is 70.1 Å². The molecule has 5 nitrogen and oxygen atoms in total. The number of anilines is 1. The molecule has 0 aliphatic carbocycles. The molecule has 0 unspecified atom stereocenters. The predicted octanol–water partition coefficient (Wildman–Crippen LogP) is 2.33. The fourth-order valence-corrected chi connectivity index (χ4v) is 1.66. The lowest BCUT2D eigenvalue weighted by molar-refractivity contribution is 0.0505. The molecule has 0 saturated heterocycles. The summed E-state index contributed by atoms with van der Waals surface area (Å²) in [6, 6.07) is 7.12. The van der Waals surface area contributed by atoms with E-state index in [0.29, 0.717) is 17.9 Å². The maximum Gasteiger partial charge on any atom is 0.338 e. The molecule has 0 radical (unpaired) electrons. The first kappa shape index (κ1) is 13.1. The van der Waals surface area contributed by atoms with Crippen LogP contribution >= 0.6 is 0 Å². The number of carbonyl (C=O) groups is 1. The van der Waals surface area contributed by atoms with Gasteiger partial charge in [0.1, 0.15) is 0 Å². The monoisotopic (exact) mass is 259 g/mol. The number of hydrogen-bond donors (Lipinski definition) is 1. The minimum atomic E-state index is -0.319. The molecule has 0 fully saturated rings. The van der Waals surface area contributed by atoms with Crippen LogP contribution in [-0.4, -0.2) is 22.4 Å². The molecule has 0 saturated carbocycles. The van der Waals surface area contributed by atoms with E-state index < -0.39 is 0 Å². The summed E-state index contributed by atoms with van der Waals surface area (Å²) in [7, 11) is 0. The quantitative estimate of drug-likeness (QED) is 0.855. The number of carbonyl (C=O) groups excluding carboxylic acids is 1. The summed E-state index contributed by atoms with van der Waals surface area (Å²) in [6.45, 7) is 4.22. The van der Waals surface area contributed by atoms with Gasteiger partial charge in [-0.1, -0.05) is 13.0 Å². The van der Waals surface area contributed by atoms with Gasteiger partial charge in [0, 0.05) is 0 Å². The van der Waals surface area contributed by atoms with Crippen LogP contribution < -0.4 is 5.73 Å². The van der Waals surface area contributed by atoms with Crippen molar-refractivity contribution in [2.75, 3.05) is 12.3 Å². The number of aryl methyl sites for hydroxylation is 1. The van der Waals surface area contributed by atoms with Crippen LogP contribution in [0.25, 0.3) is 5.69 Å². The molecule has 1 aromatic carbocycles. The molecule has 19 heavy (non-hydrogen) atoms. The van der Waals surface area contributed by atoms with Gasteiger partial charge in [-0.25, -0.2) is 9.48 Å². The second-order valence-corrected chi connectivity index (χ2v) is 4.30. The van der Waals surface area contributed by atoms with Crippen molar-refractivity contribution in [2.45, 2.75) is 20.3 Å². The molecule has 1 aromatic heterocycles. The molecular weight excluding hydrogens is 242 g/mol. The fraction of sp³-hybridized carbons (Fsp3) is 0.286. The van der Waals surface area contributed by atoms with Crippen molar-refractivity contribution in [1.29, 1.82) is 0 Å². The Morgan fingerprint density at radius 2 is 2.26 bits per heavy atom. The van der Waals surface area contributed by atoms with Gasteiger partial charge in [0.25, 0.3) is 0 Å². The maximum atomic E-state index is 11.8. The van der Waals surface area contributed by atoms with Crippen LogP contribution in [-0.2, 0) is 4.74 Å². The highest BCUT2D eigenvalue weighted by atomic mass is 16.5. The van der Waals surface area contributed by atoms with E-state index in [2.05, 4.69) is 5.10 Å². The highest BCUT2D eigenvalue weighted by Gasteiger charge is 2.09. The molecule has 5 heteroatoms. The van der Waals surface area contributed by atoms with Crippen LogP contribution in [0.2, 0.25) is 0 Å². The summed E-state index contributed by atoms with van der Waals surface area (Å²) in [5, 5.41) is 4.28. The number of esters is 1. The van der Waals surface area contributed by atoms with Crippen LogP contribution in [0.5, 0.6) is 0 Å². The van der Waals surface area contributed by atoms with E-state index >= 15 is 0 Å². The highest BCUT2D eigenvalue weighted by Crippen LogP contribution is 2.15. The zero-order valence-electron chi connectivity index (χ0n) is 11.1. The van der Waals surface area contributed by atoms with Gasteiger partial charge in [-0.15, -0.1) is 0 Å². The lowest BCUT2D eigenvalue weighted by atomic mass is 10.2. The van der Waals surface area contributed by atoms with Gasteiger partial charge in [-0.05, 0) is 31.5 Å². The van der Waals surface area contributed by atoms with Crippen LogP contribution in [0, 0.1) is 6.92 Å². The average molecular weight is 259 g/mol. The third-order valence-corrected chi connectivity index (χ3v) is 2.72. The Hall–Kier alpha value is -2.30. The standard InChI is InChI=1S/C14H17N3O2/c1-3-7-19-14(18)11-5-4-6-12(8-11)17-9-13(15)10(2)16-17/h4-6,8-9H,3,7,15H2,1-2H3. The van der Waals surface area contributed by atoms with Crippen LogP contribution in [0.4, 0.5) is 5.69 Å². The smallest absolute Gasteiger partial charge is 0.338 e. The van der Waals surface area contributed by atoms with Gasteiger partial charge < -0.3 is 10.5 Å². The van der Waals surface area contributed by atoms with Crippen LogP contribution in [0.1, 0.15) is 29.4 Å². The molecule has 0 aliphatic rings. The maximum absolute atomic E-state index is 11.8. The molecule has 100 valence electrons. The van der Waals surface area contributed by atoms with Gasteiger partial charge in [-0.3, -0.25) is 0 Å². The Labute approximate surface area is 112 Å². The highest BCUT2D eigenvalue weighted by molar-refractivity contribution is 5.90. The van der Waals surface area contributed by atoms with Crippen LogP contribution in [0.15, 0.2) is 30.5 Å². The van der Waals surface area contributed by atoms with Gasteiger partial charge in [-0.2, -0.15) is 5.10 Å². The van der Waals surface area contributed by atoms with E-state index in [-0.39, 0.29) is 5.97 Å². The largest absolute Gasteiger partial charge is 0.462 e. The van der Waals surface area contributed by atoms with Crippen molar-refractivity contribution in [1.82, 2.24) is 9.78 Å². The van der Waals surface area contributed by atoms with E-state index in [0.717, 1.165) is 17.8 Å². The third-order valence-electron chi connectivity index (χ3n) is 2.72. The lowest BCUT2D eigenvalue weighted by Crippen LogP contribution is -2.07. The zero-order chi connectivity index (χ0) is 13.8. The second-order valence-electron chi connectivity index (χ2n) is 4.30. The number of rotatable bonds is 4.